The van der Waals surface area contributed by atoms with E-state index in [0.29, 0.717) is 6.54 Å². The molecule has 2 aromatic heterocycles. The summed E-state index contributed by atoms with van der Waals surface area (Å²) in [4.78, 5) is 15.0. The maximum atomic E-state index is 12.3. The Morgan fingerprint density at radius 1 is 1.55 bits per heavy atom. The smallest absolute Gasteiger partial charge is 0.318 e. The summed E-state index contributed by atoms with van der Waals surface area (Å²) in [6.45, 7) is 3.34. The first-order valence-electron chi connectivity index (χ1n) is 7.22. The molecule has 0 aromatic carbocycles. The molecule has 1 aliphatic rings. The highest BCUT2D eigenvalue weighted by Crippen LogP contribution is 2.26. The summed E-state index contributed by atoms with van der Waals surface area (Å²) in [7, 11) is 1.76. The second-order valence-electron chi connectivity index (χ2n) is 5.46. The Labute approximate surface area is 138 Å². The molecule has 3 heterocycles. The maximum Gasteiger partial charge on any atom is 0.318 e. The zero-order valence-electron chi connectivity index (χ0n) is 12.5. The third kappa shape index (κ3) is 3.10. The number of hydrogen-bond acceptors (Lipinski definition) is 4. The van der Waals surface area contributed by atoms with Gasteiger partial charge in [0.1, 0.15) is 5.82 Å². The quantitative estimate of drug-likeness (QED) is 0.931. The highest BCUT2D eigenvalue weighted by Gasteiger charge is 2.21. The molecular formula is C14H18ClN5OS. The molecule has 0 unspecified atom stereocenters. The monoisotopic (exact) mass is 339 g/mol. The Balaban J connectivity index is 1.59. The average Bonchev–Trinajstić information content (AvgIpc) is 3.17. The first-order valence-corrected chi connectivity index (χ1v) is 8.42. The molecule has 1 N–H and O–H groups in total. The molecule has 0 spiro atoms. The highest BCUT2D eigenvalue weighted by atomic mass is 35.5. The van der Waals surface area contributed by atoms with Crippen molar-refractivity contribution < 1.29 is 4.79 Å². The molecular weight excluding hydrogens is 322 g/mol. The first-order chi connectivity index (χ1) is 10.5. The van der Waals surface area contributed by atoms with Crippen LogP contribution >= 0.6 is 22.9 Å². The fraction of sp³-hybridized carbons (Fsp3) is 0.500. The number of aryl methyl sites for hydroxylation is 1. The molecule has 2 amide bonds. The van der Waals surface area contributed by atoms with Gasteiger partial charge in [0.15, 0.2) is 5.82 Å². The Kier molecular flexibility index (Phi) is 4.35. The maximum absolute atomic E-state index is 12.3. The van der Waals surface area contributed by atoms with Crippen molar-refractivity contribution in [2.75, 3.05) is 7.05 Å². The van der Waals surface area contributed by atoms with Crippen molar-refractivity contribution in [1.29, 1.82) is 0 Å². The molecule has 0 aliphatic carbocycles. The molecule has 1 aliphatic heterocycles. The van der Waals surface area contributed by atoms with Gasteiger partial charge in [-0.05, 0) is 25.5 Å². The number of carbonyl (C=O) groups is 1. The fourth-order valence-electron chi connectivity index (χ4n) is 2.54. The molecule has 3 rings (SSSR count). The molecule has 1 atom stereocenters. The Hall–Kier alpha value is -1.60. The van der Waals surface area contributed by atoms with Gasteiger partial charge in [-0.2, -0.15) is 0 Å². The van der Waals surface area contributed by atoms with E-state index in [9.17, 15) is 4.79 Å². The van der Waals surface area contributed by atoms with E-state index in [1.165, 1.54) is 11.3 Å². The summed E-state index contributed by atoms with van der Waals surface area (Å²) < 4.78 is 2.83. The van der Waals surface area contributed by atoms with E-state index in [4.69, 9.17) is 11.6 Å². The first kappa shape index (κ1) is 15.3. The average molecular weight is 340 g/mol. The van der Waals surface area contributed by atoms with Gasteiger partial charge in [-0.25, -0.2) is 4.79 Å². The minimum Gasteiger partial charge on any atom is -0.331 e. The van der Waals surface area contributed by atoms with E-state index in [1.54, 1.807) is 11.9 Å². The molecule has 0 bridgehead atoms. The van der Waals surface area contributed by atoms with Crippen LogP contribution in [0, 0.1) is 0 Å². The lowest BCUT2D eigenvalue weighted by molar-refractivity contribution is 0.202. The molecule has 118 valence electrons. The second kappa shape index (κ2) is 6.26. The van der Waals surface area contributed by atoms with Gasteiger partial charge in [0.25, 0.3) is 0 Å². The number of halogens is 1. The largest absolute Gasteiger partial charge is 0.331 e. The summed E-state index contributed by atoms with van der Waals surface area (Å²) in [6, 6.07) is 3.57. The molecule has 0 saturated heterocycles. The van der Waals surface area contributed by atoms with Crippen molar-refractivity contribution in [2.45, 2.75) is 38.9 Å². The van der Waals surface area contributed by atoms with Crippen molar-refractivity contribution in [2.24, 2.45) is 0 Å². The lowest BCUT2D eigenvalue weighted by atomic mass is 10.3. The lowest BCUT2D eigenvalue weighted by Gasteiger charge is -2.20. The van der Waals surface area contributed by atoms with Gasteiger partial charge < -0.3 is 14.8 Å². The summed E-state index contributed by atoms with van der Waals surface area (Å²) in [5.41, 5.74) is 0. The van der Waals surface area contributed by atoms with E-state index in [1.807, 2.05) is 19.1 Å². The summed E-state index contributed by atoms with van der Waals surface area (Å²) in [5, 5.41) is 11.3. The number of thiophene rings is 1. The van der Waals surface area contributed by atoms with Crippen LogP contribution in [0.15, 0.2) is 12.1 Å². The van der Waals surface area contributed by atoms with Crippen molar-refractivity contribution >= 4 is 29.0 Å². The fourth-order valence-corrected chi connectivity index (χ4v) is 3.60. The summed E-state index contributed by atoms with van der Waals surface area (Å²) in [6.07, 6.45) is 2.07. The van der Waals surface area contributed by atoms with Crippen LogP contribution in [-0.2, 0) is 19.5 Å². The molecule has 22 heavy (non-hydrogen) atoms. The Morgan fingerprint density at radius 3 is 3.09 bits per heavy atom. The van der Waals surface area contributed by atoms with Crippen LogP contribution < -0.4 is 5.32 Å². The zero-order chi connectivity index (χ0) is 15.7. The number of carbonyl (C=O) groups excluding carboxylic acids is 1. The molecule has 2 aromatic rings. The van der Waals surface area contributed by atoms with Crippen LogP contribution in [0.4, 0.5) is 4.79 Å². The number of urea groups is 1. The number of nitrogens with one attached hydrogen (secondary N) is 1. The molecule has 8 heteroatoms. The number of amides is 2. The van der Waals surface area contributed by atoms with Crippen LogP contribution in [0.25, 0.3) is 0 Å². The predicted octanol–water partition coefficient (Wildman–Crippen LogP) is 2.84. The lowest BCUT2D eigenvalue weighted by Crippen LogP contribution is -2.38. The standard InChI is InChI=1S/C14H18ClN5OS/c1-9(10-5-6-11(15)22-10)16-14(21)19(2)8-13-18-17-12-4-3-7-20(12)13/h5-6,9H,3-4,7-8H2,1-2H3,(H,16,21)/t9-/m0/s1. The van der Waals surface area contributed by atoms with Crippen LogP contribution in [0.2, 0.25) is 4.34 Å². The molecule has 0 saturated carbocycles. The SMILES string of the molecule is C[C@H](NC(=O)N(C)Cc1nnc2n1CCC2)c1ccc(Cl)s1. The van der Waals surface area contributed by atoms with Gasteiger partial charge in [0.05, 0.1) is 16.9 Å². The van der Waals surface area contributed by atoms with Gasteiger partial charge in [0, 0.05) is 24.9 Å². The van der Waals surface area contributed by atoms with E-state index in [-0.39, 0.29) is 12.1 Å². The Bertz CT molecular complexity index is 683. The third-order valence-electron chi connectivity index (χ3n) is 3.77. The molecule has 6 nitrogen and oxygen atoms in total. The number of hydrogen-bond donors (Lipinski definition) is 1. The van der Waals surface area contributed by atoms with E-state index in [2.05, 4.69) is 20.1 Å². The minimum absolute atomic E-state index is 0.0726. The second-order valence-corrected chi connectivity index (χ2v) is 7.20. The van der Waals surface area contributed by atoms with Crippen molar-refractivity contribution in [3.63, 3.8) is 0 Å². The summed E-state index contributed by atoms with van der Waals surface area (Å²) in [5.74, 6) is 1.86. The van der Waals surface area contributed by atoms with Crippen molar-refractivity contribution in [3.05, 3.63) is 33.0 Å². The Morgan fingerprint density at radius 2 is 2.36 bits per heavy atom. The van der Waals surface area contributed by atoms with E-state index in [0.717, 1.165) is 40.2 Å². The third-order valence-corrected chi connectivity index (χ3v) is 5.19. The van der Waals surface area contributed by atoms with Gasteiger partial charge in [-0.15, -0.1) is 21.5 Å². The number of nitrogens with zero attached hydrogens (tertiary/aromatic N) is 4. The van der Waals surface area contributed by atoms with Gasteiger partial charge in [0.2, 0.25) is 0 Å². The molecule has 0 fully saturated rings. The topological polar surface area (TPSA) is 63.1 Å². The highest BCUT2D eigenvalue weighted by molar-refractivity contribution is 7.16. The van der Waals surface area contributed by atoms with Gasteiger partial charge in [-0.1, -0.05) is 11.6 Å². The van der Waals surface area contributed by atoms with Gasteiger partial charge in [-0.3, -0.25) is 0 Å². The zero-order valence-corrected chi connectivity index (χ0v) is 14.1. The van der Waals surface area contributed by atoms with E-state index < -0.39 is 0 Å². The number of rotatable bonds is 4. The normalized spacial score (nSPS) is 14.7. The number of aromatic nitrogens is 3. The minimum atomic E-state index is -0.132. The number of fused-ring (bicyclic) bond motifs is 1. The van der Waals surface area contributed by atoms with Crippen LogP contribution in [-0.4, -0.2) is 32.7 Å². The van der Waals surface area contributed by atoms with E-state index >= 15 is 0 Å². The van der Waals surface area contributed by atoms with Crippen molar-refractivity contribution in [1.82, 2.24) is 25.0 Å². The van der Waals surface area contributed by atoms with Gasteiger partial charge >= 0.3 is 6.03 Å². The molecule has 0 radical (unpaired) electrons. The van der Waals surface area contributed by atoms with Crippen LogP contribution in [0.5, 0.6) is 0 Å². The predicted molar refractivity (Wildman–Crippen MR) is 86.1 cm³/mol. The van der Waals surface area contributed by atoms with Crippen LogP contribution in [0.3, 0.4) is 0 Å². The van der Waals surface area contributed by atoms with Crippen LogP contribution in [0.1, 0.15) is 35.9 Å². The summed E-state index contributed by atoms with van der Waals surface area (Å²) >= 11 is 7.41. The van der Waals surface area contributed by atoms with Crippen molar-refractivity contribution in [3.8, 4) is 0 Å².